The van der Waals surface area contributed by atoms with Gasteiger partial charge in [-0.1, -0.05) is 37.4 Å². The molecule has 0 bridgehead atoms. The summed E-state index contributed by atoms with van der Waals surface area (Å²) in [6.45, 7) is 4.24. The summed E-state index contributed by atoms with van der Waals surface area (Å²) in [6.07, 6.45) is 0. The summed E-state index contributed by atoms with van der Waals surface area (Å²) in [7, 11) is -0.148. The van der Waals surface area contributed by atoms with Crippen molar-refractivity contribution in [2.24, 2.45) is 0 Å². The zero-order valence-electron chi connectivity index (χ0n) is 13.7. The Balaban J connectivity index is 0.000000463. The molecule has 0 saturated heterocycles. The van der Waals surface area contributed by atoms with Gasteiger partial charge >= 0.3 is 25.8 Å². The van der Waals surface area contributed by atoms with Crippen LogP contribution in [-0.4, -0.2) is 0 Å². The van der Waals surface area contributed by atoms with Gasteiger partial charge in [-0.15, -0.1) is 42.6 Å². The van der Waals surface area contributed by atoms with Crippen LogP contribution in [0.3, 0.4) is 0 Å². The van der Waals surface area contributed by atoms with E-state index in [0.717, 1.165) is 0 Å². The third kappa shape index (κ3) is 5.74. The molecule has 0 fully saturated rings. The van der Waals surface area contributed by atoms with Crippen LogP contribution < -0.4 is 24.8 Å². The third-order valence-electron chi connectivity index (χ3n) is 3.82. The van der Waals surface area contributed by atoms with Gasteiger partial charge in [-0.25, -0.2) is 12.1 Å². The molecule has 24 heavy (non-hydrogen) atoms. The van der Waals surface area contributed by atoms with Crippen LogP contribution in [0.1, 0.15) is 11.1 Å². The Hall–Kier alpha value is -0.590. The van der Waals surface area contributed by atoms with Crippen molar-refractivity contribution in [2.75, 3.05) is 0 Å². The van der Waals surface area contributed by atoms with E-state index in [9.17, 15) is 0 Å². The molecule has 0 saturated carbocycles. The zero-order chi connectivity index (χ0) is 14.7. The minimum absolute atomic E-state index is 0. The average molecular weight is 540 g/mol. The fourth-order valence-electron chi connectivity index (χ4n) is 2.39. The molecule has 3 aromatic carbocycles. The van der Waals surface area contributed by atoms with E-state index in [4.69, 9.17) is 0 Å². The first kappa shape index (κ1) is 23.4. The maximum absolute atomic E-state index is 2.31. The summed E-state index contributed by atoms with van der Waals surface area (Å²) in [4.78, 5) is 0. The van der Waals surface area contributed by atoms with Crippen molar-refractivity contribution >= 4 is 18.3 Å². The second-order valence-corrected chi connectivity index (χ2v) is 7.25. The van der Waals surface area contributed by atoms with Gasteiger partial charge in [0.05, 0.1) is 0 Å². The Morgan fingerprint density at radius 3 is 2.08 bits per heavy atom. The molecule has 0 aliphatic heterocycles. The topological polar surface area (TPSA) is 0 Å². The standard InChI is InChI=1S/C13H10P.C7H9.2ClH.Hf/c1-2-6-12-10-13(9-11(12)5-1)14-7-3-4-8-14;1-6-4-3-5-7(6)2;;;/h1-10H;3-5H,1-2H3;2*1H;/q2*-1;;;+4/p-2. The van der Waals surface area contributed by atoms with Crippen molar-refractivity contribution in [3.05, 3.63) is 89.5 Å². The first-order valence-corrected chi connectivity index (χ1v) is 8.70. The monoisotopic (exact) mass is 540 g/mol. The van der Waals surface area contributed by atoms with E-state index in [0.29, 0.717) is 0 Å². The molecular weight excluding hydrogens is 521 g/mol. The summed E-state index contributed by atoms with van der Waals surface area (Å²) in [5.41, 5.74) is 2.78. The summed E-state index contributed by atoms with van der Waals surface area (Å²) in [5.74, 6) is 4.59. The van der Waals surface area contributed by atoms with Gasteiger partial charge in [0.15, 0.2) is 0 Å². The predicted octanol–water partition coefficient (Wildman–Crippen LogP) is 0.562. The van der Waals surface area contributed by atoms with Gasteiger partial charge in [-0.05, 0) is 11.6 Å². The Kier molecular flexibility index (Phi) is 10.8. The van der Waals surface area contributed by atoms with E-state index in [1.807, 2.05) is 0 Å². The Bertz CT molecular complexity index is 779. The van der Waals surface area contributed by atoms with Crippen LogP contribution in [0.2, 0.25) is 0 Å². The van der Waals surface area contributed by atoms with E-state index in [1.165, 1.54) is 27.2 Å². The molecule has 0 amide bonds. The van der Waals surface area contributed by atoms with Crippen LogP contribution >= 0.6 is 7.53 Å². The minimum atomic E-state index is -0.148. The van der Waals surface area contributed by atoms with E-state index < -0.39 is 0 Å². The molecule has 1 heterocycles. The van der Waals surface area contributed by atoms with E-state index in [1.54, 1.807) is 0 Å². The smallest absolute Gasteiger partial charge is 1.00 e. The molecule has 4 heteroatoms. The molecule has 0 spiro atoms. The number of fused-ring (bicyclic) bond motifs is 1. The van der Waals surface area contributed by atoms with E-state index in [2.05, 4.69) is 92.2 Å². The SMILES string of the molecule is Cc1ccc[c-]1C.[Cl-].[Cl-].[Hf+4].c1ccc2[cH-]c(-p3cccc3)cc2c1. The number of halogens is 2. The van der Waals surface area contributed by atoms with Crippen molar-refractivity contribution in [2.45, 2.75) is 13.8 Å². The predicted molar refractivity (Wildman–Crippen MR) is 95.1 cm³/mol. The number of hydrogen-bond acceptors (Lipinski definition) is 0. The van der Waals surface area contributed by atoms with Crippen molar-refractivity contribution in [3.63, 3.8) is 0 Å². The number of aryl methyl sites for hydroxylation is 2. The summed E-state index contributed by atoms with van der Waals surface area (Å²) < 4.78 is 0. The molecule has 4 rings (SSSR count). The molecule has 0 aliphatic rings. The first-order valence-electron chi connectivity index (χ1n) is 7.22. The van der Waals surface area contributed by atoms with Gasteiger partial charge in [0.25, 0.3) is 0 Å². The Morgan fingerprint density at radius 2 is 1.58 bits per heavy atom. The van der Waals surface area contributed by atoms with Gasteiger partial charge < -0.3 is 24.8 Å². The summed E-state index contributed by atoms with van der Waals surface area (Å²) >= 11 is 0. The minimum Gasteiger partial charge on any atom is -1.00 e. The van der Waals surface area contributed by atoms with Crippen LogP contribution in [0.5, 0.6) is 0 Å². The van der Waals surface area contributed by atoms with Crippen molar-refractivity contribution in [3.8, 4) is 5.30 Å². The second-order valence-electron chi connectivity index (χ2n) is 5.32. The van der Waals surface area contributed by atoms with Gasteiger partial charge in [-0.2, -0.15) is 23.3 Å². The fourth-order valence-corrected chi connectivity index (χ4v) is 3.98. The number of hydrogen-bond donors (Lipinski definition) is 0. The van der Waals surface area contributed by atoms with Crippen molar-refractivity contribution in [1.82, 2.24) is 0 Å². The molecule has 0 N–H and O–H groups in total. The van der Waals surface area contributed by atoms with Gasteiger partial charge in [0.1, 0.15) is 0 Å². The zero-order valence-corrected chi connectivity index (χ0v) is 19.7. The molecule has 0 nitrogen and oxygen atoms in total. The first-order chi connectivity index (χ1) is 10.2. The molecule has 1 aromatic heterocycles. The second kappa shape index (κ2) is 11.1. The van der Waals surface area contributed by atoms with Crippen LogP contribution in [-0.2, 0) is 25.8 Å². The van der Waals surface area contributed by atoms with Crippen LogP contribution in [0, 0.1) is 13.8 Å². The van der Waals surface area contributed by atoms with Gasteiger partial charge in [0.2, 0.25) is 0 Å². The Morgan fingerprint density at radius 1 is 0.917 bits per heavy atom. The maximum Gasteiger partial charge on any atom is 4.00 e. The molecule has 4 aromatic rings. The maximum atomic E-state index is 2.31. The molecule has 122 valence electrons. The number of rotatable bonds is 1. The molecule has 0 aliphatic carbocycles. The van der Waals surface area contributed by atoms with Gasteiger partial charge in [-0.3, -0.25) is 0 Å². The molecule has 0 unspecified atom stereocenters. The molecule has 0 atom stereocenters. The fraction of sp³-hybridized carbons (Fsp3) is 0.100. The van der Waals surface area contributed by atoms with E-state index in [-0.39, 0.29) is 58.2 Å². The third-order valence-corrected chi connectivity index (χ3v) is 5.66. The average Bonchev–Trinajstić information content (AvgIpc) is 3.21. The van der Waals surface area contributed by atoms with Gasteiger partial charge in [0, 0.05) is 0 Å². The van der Waals surface area contributed by atoms with E-state index >= 15 is 0 Å². The Labute approximate surface area is 176 Å². The quantitative estimate of drug-likeness (QED) is 0.245. The van der Waals surface area contributed by atoms with Crippen LogP contribution in [0.15, 0.2) is 78.3 Å². The van der Waals surface area contributed by atoms with Crippen molar-refractivity contribution in [1.29, 1.82) is 0 Å². The van der Waals surface area contributed by atoms with Crippen LogP contribution in [0.25, 0.3) is 16.1 Å². The normalized spacial score (nSPS) is 9.08. The largest absolute Gasteiger partial charge is 4.00 e. The summed E-state index contributed by atoms with van der Waals surface area (Å²) in [5, 5.41) is 4.18. The molecule has 0 radical (unpaired) electrons. The van der Waals surface area contributed by atoms with Crippen molar-refractivity contribution < 1.29 is 50.7 Å². The summed E-state index contributed by atoms with van der Waals surface area (Å²) in [6, 6.07) is 23.8. The van der Waals surface area contributed by atoms with Crippen LogP contribution in [0.4, 0.5) is 0 Å². The number of benzene rings is 1. The molecular formula is C20H19Cl2HfP.